The SMILES string of the molecule is CC(CO)(CO)NS(=O)(=O)c1cccnc1C#N. The third-order valence-corrected chi connectivity index (χ3v) is 3.91. The number of aromatic nitrogens is 1. The van der Waals surface area contributed by atoms with E-state index < -0.39 is 28.8 Å². The van der Waals surface area contributed by atoms with Gasteiger partial charge in [-0.3, -0.25) is 0 Å². The topological polar surface area (TPSA) is 123 Å². The number of sulfonamides is 1. The largest absolute Gasteiger partial charge is 0.394 e. The predicted molar refractivity (Wildman–Crippen MR) is 61.9 cm³/mol. The molecule has 0 saturated carbocycles. The number of pyridine rings is 1. The third kappa shape index (κ3) is 3.02. The summed E-state index contributed by atoms with van der Waals surface area (Å²) in [6.07, 6.45) is 1.30. The van der Waals surface area contributed by atoms with Crippen LogP contribution in [0, 0.1) is 11.3 Å². The van der Waals surface area contributed by atoms with E-state index in [-0.39, 0.29) is 10.6 Å². The zero-order valence-electron chi connectivity index (χ0n) is 9.66. The summed E-state index contributed by atoms with van der Waals surface area (Å²) in [5.41, 5.74) is -1.65. The van der Waals surface area contributed by atoms with Gasteiger partial charge in [0, 0.05) is 6.20 Å². The third-order valence-electron chi connectivity index (χ3n) is 2.24. The highest BCUT2D eigenvalue weighted by Gasteiger charge is 2.31. The summed E-state index contributed by atoms with van der Waals surface area (Å²) in [6, 6.07) is 4.27. The van der Waals surface area contributed by atoms with E-state index in [0.717, 1.165) is 0 Å². The number of nitrogens with one attached hydrogen (secondary N) is 1. The minimum Gasteiger partial charge on any atom is -0.394 e. The van der Waals surface area contributed by atoms with Crippen LogP contribution in [0.1, 0.15) is 12.6 Å². The molecule has 1 aromatic heterocycles. The highest BCUT2D eigenvalue weighted by molar-refractivity contribution is 7.89. The second-order valence-corrected chi connectivity index (χ2v) is 5.60. The first-order chi connectivity index (χ1) is 8.38. The first kappa shape index (κ1) is 14.5. The number of hydrogen-bond acceptors (Lipinski definition) is 6. The molecule has 0 fully saturated rings. The maximum Gasteiger partial charge on any atom is 0.244 e. The van der Waals surface area contributed by atoms with Crippen molar-refractivity contribution < 1.29 is 18.6 Å². The fourth-order valence-corrected chi connectivity index (χ4v) is 2.68. The standard InChI is InChI=1S/C10H13N3O4S/c1-10(6-14,7-15)13-18(16,17)9-3-2-4-12-8(9)5-11/h2-4,13-15H,6-7H2,1H3. The van der Waals surface area contributed by atoms with Gasteiger partial charge in [-0.1, -0.05) is 0 Å². The minimum absolute atomic E-state index is 0.247. The van der Waals surface area contributed by atoms with Crippen LogP contribution in [0.15, 0.2) is 23.2 Å². The Hall–Kier alpha value is -1.53. The van der Waals surface area contributed by atoms with Crippen molar-refractivity contribution in [2.24, 2.45) is 0 Å². The summed E-state index contributed by atoms with van der Waals surface area (Å²) in [6.45, 7) is 0.183. The minimum atomic E-state index is -4.04. The van der Waals surface area contributed by atoms with Gasteiger partial charge in [-0.15, -0.1) is 0 Å². The molecule has 1 heterocycles. The number of rotatable bonds is 5. The van der Waals surface area contributed by atoms with Crippen LogP contribution >= 0.6 is 0 Å². The molecule has 0 spiro atoms. The Kier molecular flexibility index (Phi) is 4.37. The highest BCUT2D eigenvalue weighted by atomic mass is 32.2. The van der Waals surface area contributed by atoms with Gasteiger partial charge in [0.15, 0.2) is 5.69 Å². The molecule has 0 saturated heterocycles. The van der Waals surface area contributed by atoms with Gasteiger partial charge in [-0.05, 0) is 19.1 Å². The number of aliphatic hydroxyl groups is 2. The van der Waals surface area contributed by atoms with Crippen LogP contribution < -0.4 is 4.72 Å². The summed E-state index contributed by atoms with van der Waals surface area (Å²) >= 11 is 0. The summed E-state index contributed by atoms with van der Waals surface area (Å²) in [5, 5.41) is 26.9. The highest BCUT2D eigenvalue weighted by Crippen LogP contribution is 2.15. The van der Waals surface area contributed by atoms with Gasteiger partial charge in [0.05, 0.1) is 18.8 Å². The van der Waals surface area contributed by atoms with Crippen LogP contribution in [0.25, 0.3) is 0 Å². The molecule has 0 bridgehead atoms. The molecular weight excluding hydrogens is 258 g/mol. The van der Waals surface area contributed by atoms with E-state index in [1.54, 1.807) is 6.07 Å². The van der Waals surface area contributed by atoms with Crippen molar-refractivity contribution in [3.05, 3.63) is 24.0 Å². The quantitative estimate of drug-likeness (QED) is 0.629. The lowest BCUT2D eigenvalue weighted by Gasteiger charge is -2.25. The van der Waals surface area contributed by atoms with Crippen molar-refractivity contribution in [2.75, 3.05) is 13.2 Å². The first-order valence-corrected chi connectivity index (χ1v) is 6.48. The molecule has 3 N–H and O–H groups in total. The number of nitriles is 1. The Labute approximate surface area is 105 Å². The molecule has 98 valence electrons. The van der Waals surface area contributed by atoms with Crippen LogP contribution in [0.5, 0.6) is 0 Å². The summed E-state index contributed by atoms with van der Waals surface area (Å²) in [4.78, 5) is 3.35. The van der Waals surface area contributed by atoms with Gasteiger partial charge in [0.2, 0.25) is 10.0 Å². The molecular formula is C10H13N3O4S. The van der Waals surface area contributed by atoms with E-state index in [1.165, 1.54) is 25.3 Å². The lowest BCUT2D eigenvalue weighted by atomic mass is 10.1. The van der Waals surface area contributed by atoms with E-state index in [0.29, 0.717) is 0 Å². The van der Waals surface area contributed by atoms with Gasteiger partial charge in [0.1, 0.15) is 11.0 Å². The lowest BCUT2D eigenvalue weighted by molar-refractivity contribution is 0.121. The van der Waals surface area contributed by atoms with Crippen LogP contribution in [0.4, 0.5) is 0 Å². The van der Waals surface area contributed by atoms with Gasteiger partial charge < -0.3 is 10.2 Å². The first-order valence-electron chi connectivity index (χ1n) is 4.99. The normalized spacial score (nSPS) is 12.1. The number of aliphatic hydroxyl groups excluding tert-OH is 2. The van der Waals surface area contributed by atoms with Gasteiger partial charge in [0.25, 0.3) is 0 Å². The lowest BCUT2D eigenvalue weighted by Crippen LogP contribution is -2.51. The fourth-order valence-electron chi connectivity index (χ4n) is 1.19. The molecule has 1 aromatic rings. The average molecular weight is 271 g/mol. The van der Waals surface area contributed by atoms with Crippen LogP contribution in [-0.2, 0) is 10.0 Å². The maximum atomic E-state index is 12.0. The number of nitrogens with zero attached hydrogens (tertiary/aromatic N) is 2. The van der Waals surface area contributed by atoms with Crippen molar-refractivity contribution in [2.45, 2.75) is 17.4 Å². The van der Waals surface area contributed by atoms with Crippen LogP contribution in [0.2, 0.25) is 0 Å². The fraction of sp³-hybridized carbons (Fsp3) is 0.400. The number of hydrogen-bond donors (Lipinski definition) is 3. The Bertz CT molecular complexity index is 561. The molecule has 0 aliphatic carbocycles. The second kappa shape index (κ2) is 5.41. The zero-order valence-corrected chi connectivity index (χ0v) is 10.5. The van der Waals surface area contributed by atoms with Gasteiger partial charge in [-0.25, -0.2) is 18.1 Å². The van der Waals surface area contributed by atoms with E-state index in [1.807, 2.05) is 0 Å². The second-order valence-electron chi connectivity index (χ2n) is 3.94. The summed E-state index contributed by atoms with van der Waals surface area (Å²) in [5.74, 6) is 0. The van der Waals surface area contributed by atoms with Gasteiger partial charge >= 0.3 is 0 Å². The van der Waals surface area contributed by atoms with Crippen molar-refractivity contribution in [1.82, 2.24) is 9.71 Å². The van der Waals surface area contributed by atoms with E-state index >= 15 is 0 Å². The van der Waals surface area contributed by atoms with Crippen LogP contribution in [-0.4, -0.2) is 42.4 Å². The summed E-state index contributed by atoms with van der Waals surface area (Å²) in [7, 11) is -4.04. The molecule has 8 heteroatoms. The Balaban J connectivity index is 3.20. The zero-order chi connectivity index (χ0) is 13.8. The van der Waals surface area contributed by atoms with Crippen molar-refractivity contribution in [3.63, 3.8) is 0 Å². The van der Waals surface area contributed by atoms with E-state index in [9.17, 15) is 8.42 Å². The Morgan fingerprint density at radius 3 is 2.61 bits per heavy atom. The van der Waals surface area contributed by atoms with E-state index in [2.05, 4.69) is 9.71 Å². The maximum absolute atomic E-state index is 12.0. The summed E-state index contributed by atoms with van der Waals surface area (Å²) < 4.78 is 26.2. The van der Waals surface area contributed by atoms with Crippen molar-refractivity contribution >= 4 is 10.0 Å². The van der Waals surface area contributed by atoms with Crippen molar-refractivity contribution in [3.8, 4) is 6.07 Å². The monoisotopic (exact) mass is 271 g/mol. The average Bonchev–Trinajstić information content (AvgIpc) is 2.38. The molecule has 0 atom stereocenters. The molecule has 1 rings (SSSR count). The smallest absolute Gasteiger partial charge is 0.244 e. The van der Waals surface area contributed by atoms with E-state index in [4.69, 9.17) is 15.5 Å². The molecule has 18 heavy (non-hydrogen) atoms. The molecule has 0 aliphatic heterocycles. The molecule has 0 unspecified atom stereocenters. The van der Waals surface area contributed by atoms with Crippen molar-refractivity contribution in [1.29, 1.82) is 5.26 Å². The molecule has 0 amide bonds. The molecule has 0 radical (unpaired) electrons. The van der Waals surface area contributed by atoms with Crippen LogP contribution in [0.3, 0.4) is 0 Å². The predicted octanol–water partition coefficient (Wildman–Crippen LogP) is -1.03. The molecule has 0 aromatic carbocycles. The molecule has 7 nitrogen and oxygen atoms in total. The Morgan fingerprint density at radius 2 is 2.11 bits per heavy atom. The Morgan fingerprint density at radius 1 is 1.50 bits per heavy atom. The molecule has 0 aliphatic rings. The van der Waals surface area contributed by atoms with Gasteiger partial charge in [-0.2, -0.15) is 5.26 Å².